The highest BCUT2D eigenvalue weighted by Gasteiger charge is 2.05. The van der Waals surface area contributed by atoms with E-state index in [1.54, 1.807) is 12.1 Å². The number of hydrogen-bond acceptors (Lipinski definition) is 3. The van der Waals surface area contributed by atoms with Crippen LogP contribution in [0.15, 0.2) is 12.1 Å². The maximum absolute atomic E-state index is 10.4. The Hall–Kier alpha value is -0.850. The van der Waals surface area contributed by atoms with E-state index in [-0.39, 0.29) is 6.42 Å². The van der Waals surface area contributed by atoms with Crippen molar-refractivity contribution in [2.45, 2.75) is 6.42 Å². The Balaban J connectivity index is 2.94. The fourth-order valence-corrected chi connectivity index (χ4v) is 1.51. The third-order valence-electron chi connectivity index (χ3n) is 1.39. The largest absolute Gasteiger partial charge is 0.497 e. The van der Waals surface area contributed by atoms with Crippen molar-refractivity contribution in [1.82, 2.24) is 4.98 Å². The van der Waals surface area contributed by atoms with Crippen molar-refractivity contribution in [3.05, 3.63) is 21.5 Å². The first kappa shape index (κ1) is 10.2. The molecule has 0 spiro atoms. The van der Waals surface area contributed by atoms with E-state index in [0.29, 0.717) is 11.4 Å². The van der Waals surface area contributed by atoms with Gasteiger partial charge in [0.15, 0.2) is 0 Å². The molecule has 1 heterocycles. The molecule has 13 heavy (non-hydrogen) atoms. The summed E-state index contributed by atoms with van der Waals surface area (Å²) in [5.74, 6) is -0.257. The van der Waals surface area contributed by atoms with Crippen LogP contribution in [0, 0.1) is 3.70 Å². The second-order valence-electron chi connectivity index (χ2n) is 2.39. The predicted molar refractivity (Wildman–Crippen MR) is 54.8 cm³/mol. The van der Waals surface area contributed by atoms with Gasteiger partial charge in [0.05, 0.1) is 19.2 Å². The van der Waals surface area contributed by atoms with Crippen molar-refractivity contribution in [3.63, 3.8) is 0 Å². The average Bonchev–Trinajstić information content (AvgIpc) is 2.01. The van der Waals surface area contributed by atoms with Gasteiger partial charge in [-0.2, -0.15) is 0 Å². The van der Waals surface area contributed by atoms with Crippen LogP contribution in [-0.2, 0) is 11.2 Å². The normalized spacial score (nSPS) is 9.69. The van der Waals surface area contributed by atoms with E-state index in [9.17, 15) is 4.79 Å². The molecule has 5 heteroatoms. The van der Waals surface area contributed by atoms with Crippen LogP contribution in [0.2, 0.25) is 0 Å². The van der Waals surface area contributed by atoms with Gasteiger partial charge in [-0.05, 0) is 22.6 Å². The summed E-state index contributed by atoms with van der Waals surface area (Å²) in [7, 11) is 1.54. The molecule has 1 rings (SSSR count). The van der Waals surface area contributed by atoms with Gasteiger partial charge in [0.25, 0.3) is 0 Å². The Morgan fingerprint density at radius 2 is 2.38 bits per heavy atom. The minimum atomic E-state index is -0.892. The number of methoxy groups -OCH3 is 1. The number of rotatable bonds is 3. The van der Waals surface area contributed by atoms with Gasteiger partial charge in [0, 0.05) is 12.1 Å². The highest BCUT2D eigenvalue weighted by atomic mass is 127. The van der Waals surface area contributed by atoms with Crippen LogP contribution in [0.5, 0.6) is 5.75 Å². The van der Waals surface area contributed by atoms with Gasteiger partial charge in [-0.1, -0.05) is 0 Å². The summed E-state index contributed by atoms with van der Waals surface area (Å²) >= 11 is 2.02. The van der Waals surface area contributed by atoms with E-state index in [1.807, 2.05) is 22.6 Å². The van der Waals surface area contributed by atoms with Gasteiger partial charge in [0.1, 0.15) is 9.45 Å². The summed E-state index contributed by atoms with van der Waals surface area (Å²) in [6.07, 6.45) is -0.0762. The Morgan fingerprint density at radius 1 is 1.69 bits per heavy atom. The van der Waals surface area contributed by atoms with Crippen LogP contribution in [0.3, 0.4) is 0 Å². The lowest BCUT2D eigenvalue weighted by Crippen LogP contribution is -2.03. The molecule has 70 valence electrons. The number of ether oxygens (including phenoxy) is 1. The van der Waals surface area contributed by atoms with E-state index in [0.717, 1.165) is 3.70 Å². The molecule has 0 saturated heterocycles. The highest BCUT2D eigenvalue weighted by Crippen LogP contribution is 2.15. The number of pyridine rings is 1. The van der Waals surface area contributed by atoms with E-state index >= 15 is 0 Å². The molecule has 0 aromatic carbocycles. The second kappa shape index (κ2) is 4.40. The van der Waals surface area contributed by atoms with Gasteiger partial charge in [-0.25, -0.2) is 4.98 Å². The lowest BCUT2D eigenvalue weighted by atomic mass is 10.2. The molecule has 0 radical (unpaired) electrons. The molecule has 4 nitrogen and oxygen atoms in total. The molecule has 0 unspecified atom stereocenters. The Labute approximate surface area is 89.1 Å². The third kappa shape index (κ3) is 3.17. The standard InChI is InChI=1S/C8H8INO3/c1-13-6-2-5(3-8(11)12)10-7(9)4-6/h2,4H,3H2,1H3,(H,11,12). The van der Waals surface area contributed by atoms with Crippen LogP contribution in [-0.4, -0.2) is 23.2 Å². The van der Waals surface area contributed by atoms with E-state index in [1.165, 1.54) is 7.11 Å². The van der Waals surface area contributed by atoms with Crippen LogP contribution >= 0.6 is 22.6 Å². The number of halogens is 1. The molecule has 0 aliphatic heterocycles. The topological polar surface area (TPSA) is 59.4 Å². The number of hydrogen-bond donors (Lipinski definition) is 1. The van der Waals surface area contributed by atoms with Gasteiger partial charge in [-0.15, -0.1) is 0 Å². The minimum absolute atomic E-state index is 0.0762. The van der Waals surface area contributed by atoms with Gasteiger partial charge in [-0.3, -0.25) is 4.79 Å². The highest BCUT2D eigenvalue weighted by molar-refractivity contribution is 14.1. The first-order valence-electron chi connectivity index (χ1n) is 3.54. The fourth-order valence-electron chi connectivity index (χ4n) is 0.888. The predicted octanol–water partition coefficient (Wildman–Crippen LogP) is 1.32. The number of carboxylic acids is 1. The SMILES string of the molecule is COc1cc(I)nc(CC(=O)O)c1. The van der Waals surface area contributed by atoms with Crippen LogP contribution in [0.1, 0.15) is 5.69 Å². The fraction of sp³-hybridized carbons (Fsp3) is 0.250. The molecular formula is C8H8INO3. The van der Waals surface area contributed by atoms with Crippen molar-refractivity contribution in [1.29, 1.82) is 0 Å². The molecule has 1 N–H and O–H groups in total. The number of carboxylic acid groups (broad SMARTS) is 1. The van der Waals surface area contributed by atoms with Gasteiger partial charge >= 0.3 is 5.97 Å². The molecule has 0 aliphatic carbocycles. The molecule has 0 saturated carbocycles. The van der Waals surface area contributed by atoms with Crippen molar-refractivity contribution in [2.24, 2.45) is 0 Å². The summed E-state index contributed by atoms with van der Waals surface area (Å²) < 4.78 is 5.71. The Kier molecular flexibility index (Phi) is 3.47. The van der Waals surface area contributed by atoms with Crippen LogP contribution in [0.25, 0.3) is 0 Å². The lowest BCUT2D eigenvalue weighted by molar-refractivity contribution is -0.136. The number of aliphatic carboxylic acids is 1. The zero-order chi connectivity index (χ0) is 9.84. The van der Waals surface area contributed by atoms with Crippen molar-refractivity contribution >= 4 is 28.6 Å². The summed E-state index contributed by atoms with van der Waals surface area (Å²) in [6, 6.07) is 3.36. The number of nitrogens with zero attached hydrogens (tertiary/aromatic N) is 1. The Bertz CT molecular complexity index is 327. The maximum atomic E-state index is 10.4. The molecule has 0 aliphatic rings. The van der Waals surface area contributed by atoms with E-state index < -0.39 is 5.97 Å². The summed E-state index contributed by atoms with van der Waals surface area (Å²) in [5.41, 5.74) is 0.510. The van der Waals surface area contributed by atoms with E-state index in [2.05, 4.69) is 4.98 Å². The van der Waals surface area contributed by atoms with Gasteiger partial charge in [0.2, 0.25) is 0 Å². The molecular weight excluding hydrogens is 285 g/mol. The first-order chi connectivity index (χ1) is 6.11. The lowest BCUT2D eigenvalue weighted by Gasteiger charge is -2.02. The monoisotopic (exact) mass is 293 g/mol. The van der Waals surface area contributed by atoms with Crippen molar-refractivity contribution in [3.8, 4) is 5.75 Å². The van der Waals surface area contributed by atoms with Gasteiger partial charge < -0.3 is 9.84 Å². The molecule has 0 atom stereocenters. The van der Waals surface area contributed by atoms with Crippen LogP contribution in [0.4, 0.5) is 0 Å². The van der Waals surface area contributed by atoms with Crippen LogP contribution < -0.4 is 4.74 Å². The molecule has 0 fully saturated rings. The second-order valence-corrected chi connectivity index (χ2v) is 3.50. The number of aromatic nitrogens is 1. The summed E-state index contributed by atoms with van der Waals surface area (Å²) in [5, 5.41) is 8.54. The Morgan fingerprint density at radius 3 is 2.92 bits per heavy atom. The summed E-state index contributed by atoms with van der Waals surface area (Å²) in [4.78, 5) is 14.4. The first-order valence-corrected chi connectivity index (χ1v) is 4.62. The molecule has 0 amide bonds. The minimum Gasteiger partial charge on any atom is -0.497 e. The molecule has 1 aromatic rings. The van der Waals surface area contributed by atoms with E-state index in [4.69, 9.17) is 9.84 Å². The zero-order valence-electron chi connectivity index (χ0n) is 6.95. The summed E-state index contributed by atoms with van der Waals surface area (Å²) in [6.45, 7) is 0. The number of carbonyl (C=O) groups is 1. The van der Waals surface area contributed by atoms with Crippen molar-refractivity contribution < 1.29 is 14.6 Å². The zero-order valence-corrected chi connectivity index (χ0v) is 9.11. The van der Waals surface area contributed by atoms with Crippen molar-refractivity contribution in [2.75, 3.05) is 7.11 Å². The maximum Gasteiger partial charge on any atom is 0.309 e. The third-order valence-corrected chi connectivity index (χ3v) is 1.94. The smallest absolute Gasteiger partial charge is 0.309 e. The molecule has 0 bridgehead atoms. The quantitative estimate of drug-likeness (QED) is 0.674. The molecule has 1 aromatic heterocycles. The average molecular weight is 293 g/mol.